The van der Waals surface area contributed by atoms with Crippen molar-refractivity contribution < 1.29 is 19.1 Å². The van der Waals surface area contributed by atoms with E-state index in [9.17, 15) is 9.59 Å². The average molecular weight is 366 g/mol. The van der Waals surface area contributed by atoms with Gasteiger partial charge in [0.05, 0.1) is 11.0 Å². The van der Waals surface area contributed by atoms with E-state index < -0.39 is 18.1 Å². The van der Waals surface area contributed by atoms with Crippen LogP contribution in [0.5, 0.6) is 11.5 Å². The van der Waals surface area contributed by atoms with Crippen LogP contribution in [0.3, 0.4) is 0 Å². The standard InChI is InChI=1S/C19H18N4O4/c1-11(17(24)23-19-21-12-6-2-3-7-13(12)22-19)20-18(25)16-10-26-14-8-4-5-9-15(14)27-16/h2-9,11,16H,10H2,1H3,(H,20,25)(H2,21,22,23,24)/t11-,16+/m0/s1. The van der Waals surface area contributed by atoms with Crippen molar-refractivity contribution in [2.75, 3.05) is 11.9 Å². The molecule has 1 aliphatic rings. The SMILES string of the molecule is C[C@H](NC(=O)[C@H]1COc2ccccc2O1)C(=O)Nc1nc2ccccc2[nH]1. The van der Waals surface area contributed by atoms with Gasteiger partial charge < -0.3 is 19.8 Å². The maximum Gasteiger partial charge on any atom is 0.265 e. The van der Waals surface area contributed by atoms with Crippen LogP contribution >= 0.6 is 0 Å². The Morgan fingerprint density at radius 3 is 2.70 bits per heavy atom. The highest BCUT2D eigenvalue weighted by Gasteiger charge is 2.29. The maximum atomic E-state index is 12.4. The molecule has 8 heteroatoms. The third kappa shape index (κ3) is 3.55. The fourth-order valence-corrected chi connectivity index (χ4v) is 2.76. The highest BCUT2D eigenvalue weighted by atomic mass is 16.6. The molecule has 0 saturated heterocycles. The second kappa shape index (κ2) is 6.99. The van der Waals surface area contributed by atoms with E-state index in [1.54, 1.807) is 25.1 Å². The van der Waals surface area contributed by atoms with Crippen molar-refractivity contribution >= 4 is 28.8 Å². The summed E-state index contributed by atoms with van der Waals surface area (Å²) in [5.41, 5.74) is 1.56. The van der Waals surface area contributed by atoms with Crippen LogP contribution in [-0.2, 0) is 9.59 Å². The number of nitrogens with one attached hydrogen (secondary N) is 3. The lowest BCUT2D eigenvalue weighted by atomic mass is 10.2. The molecule has 0 radical (unpaired) electrons. The monoisotopic (exact) mass is 366 g/mol. The number of H-pyrrole nitrogens is 1. The van der Waals surface area contributed by atoms with Gasteiger partial charge in [-0.3, -0.25) is 14.9 Å². The number of nitrogens with zero attached hydrogens (tertiary/aromatic N) is 1. The number of para-hydroxylation sites is 4. The lowest BCUT2D eigenvalue weighted by Gasteiger charge is -2.26. The molecule has 3 N–H and O–H groups in total. The number of benzene rings is 2. The predicted octanol–water partition coefficient (Wildman–Crippen LogP) is 1.85. The summed E-state index contributed by atoms with van der Waals surface area (Å²) in [7, 11) is 0. The molecule has 0 aliphatic carbocycles. The van der Waals surface area contributed by atoms with E-state index in [0.29, 0.717) is 17.4 Å². The number of anilines is 1. The molecule has 1 aromatic heterocycles. The van der Waals surface area contributed by atoms with Crippen LogP contribution in [0.15, 0.2) is 48.5 Å². The van der Waals surface area contributed by atoms with Crippen molar-refractivity contribution in [2.24, 2.45) is 0 Å². The summed E-state index contributed by atoms with van der Waals surface area (Å²) in [6.07, 6.45) is -0.818. The topological polar surface area (TPSA) is 105 Å². The van der Waals surface area contributed by atoms with Crippen LogP contribution in [-0.4, -0.2) is 40.5 Å². The molecule has 0 bridgehead atoms. The molecular formula is C19H18N4O4. The van der Waals surface area contributed by atoms with Crippen LogP contribution in [0, 0.1) is 0 Å². The molecule has 8 nitrogen and oxygen atoms in total. The Hall–Kier alpha value is -3.55. The van der Waals surface area contributed by atoms with Crippen molar-refractivity contribution in [3.8, 4) is 11.5 Å². The minimum absolute atomic E-state index is 0.0841. The first-order valence-corrected chi connectivity index (χ1v) is 8.54. The number of aromatic amines is 1. The minimum atomic E-state index is -0.818. The molecule has 3 aromatic rings. The molecule has 0 saturated carbocycles. The Balaban J connectivity index is 1.36. The molecule has 4 rings (SSSR count). The number of hydrogen-bond donors (Lipinski definition) is 3. The first kappa shape index (κ1) is 16.9. The number of ether oxygens (including phenoxy) is 2. The molecule has 2 heterocycles. The number of hydrogen-bond acceptors (Lipinski definition) is 5. The second-order valence-corrected chi connectivity index (χ2v) is 6.19. The molecule has 0 spiro atoms. The fraction of sp³-hybridized carbons (Fsp3) is 0.211. The lowest BCUT2D eigenvalue weighted by Crippen LogP contribution is -2.50. The Kier molecular flexibility index (Phi) is 4.37. The number of aromatic nitrogens is 2. The van der Waals surface area contributed by atoms with Crippen LogP contribution in [0.4, 0.5) is 5.95 Å². The Morgan fingerprint density at radius 1 is 1.15 bits per heavy atom. The van der Waals surface area contributed by atoms with Gasteiger partial charge in [0.25, 0.3) is 5.91 Å². The Labute approximate surface area is 154 Å². The maximum absolute atomic E-state index is 12.4. The van der Waals surface area contributed by atoms with Crippen molar-refractivity contribution in [3.63, 3.8) is 0 Å². The summed E-state index contributed by atoms with van der Waals surface area (Å²) in [4.78, 5) is 32.0. The van der Waals surface area contributed by atoms with Gasteiger partial charge in [-0.1, -0.05) is 24.3 Å². The third-order valence-corrected chi connectivity index (χ3v) is 4.18. The summed E-state index contributed by atoms with van der Waals surface area (Å²) in [6.45, 7) is 1.67. The number of imidazole rings is 1. The number of carbonyl (C=O) groups excluding carboxylic acids is 2. The summed E-state index contributed by atoms with van der Waals surface area (Å²) < 4.78 is 11.2. The number of rotatable bonds is 4. The van der Waals surface area contributed by atoms with Crippen molar-refractivity contribution in [2.45, 2.75) is 19.1 Å². The highest BCUT2D eigenvalue weighted by molar-refractivity contribution is 5.97. The van der Waals surface area contributed by atoms with E-state index >= 15 is 0 Å². The van der Waals surface area contributed by atoms with Gasteiger partial charge in [-0.2, -0.15) is 0 Å². The molecule has 27 heavy (non-hydrogen) atoms. The molecule has 0 fully saturated rings. The third-order valence-electron chi connectivity index (χ3n) is 4.18. The second-order valence-electron chi connectivity index (χ2n) is 6.19. The van der Waals surface area contributed by atoms with Gasteiger partial charge in [0.1, 0.15) is 12.6 Å². The van der Waals surface area contributed by atoms with Gasteiger partial charge in [-0.15, -0.1) is 0 Å². The first-order valence-electron chi connectivity index (χ1n) is 8.54. The summed E-state index contributed by atoms with van der Waals surface area (Å²) >= 11 is 0. The van der Waals surface area contributed by atoms with Gasteiger partial charge in [-0.25, -0.2) is 4.98 Å². The van der Waals surface area contributed by atoms with Crippen molar-refractivity contribution in [3.05, 3.63) is 48.5 Å². The van der Waals surface area contributed by atoms with Gasteiger partial charge in [0.2, 0.25) is 18.0 Å². The van der Waals surface area contributed by atoms with Crippen LogP contribution < -0.4 is 20.1 Å². The summed E-state index contributed by atoms with van der Waals surface area (Å²) in [5, 5.41) is 5.30. The van der Waals surface area contributed by atoms with Crippen LogP contribution in [0.25, 0.3) is 11.0 Å². The average Bonchev–Trinajstić information content (AvgIpc) is 3.09. The molecule has 2 atom stereocenters. The zero-order chi connectivity index (χ0) is 18.8. The van der Waals surface area contributed by atoms with E-state index in [4.69, 9.17) is 9.47 Å². The zero-order valence-corrected chi connectivity index (χ0v) is 14.6. The van der Waals surface area contributed by atoms with E-state index in [0.717, 1.165) is 11.0 Å². The largest absolute Gasteiger partial charge is 0.485 e. The summed E-state index contributed by atoms with van der Waals surface area (Å²) in [6, 6.07) is 13.8. The van der Waals surface area contributed by atoms with E-state index in [2.05, 4.69) is 20.6 Å². The number of carbonyl (C=O) groups is 2. The lowest BCUT2D eigenvalue weighted by molar-refractivity contribution is -0.133. The Bertz CT molecular complexity index is 967. The smallest absolute Gasteiger partial charge is 0.265 e. The molecule has 138 valence electrons. The molecular weight excluding hydrogens is 348 g/mol. The normalized spacial score (nSPS) is 16.6. The first-order chi connectivity index (χ1) is 13.1. The van der Waals surface area contributed by atoms with Crippen molar-refractivity contribution in [1.29, 1.82) is 0 Å². The van der Waals surface area contributed by atoms with Gasteiger partial charge in [-0.05, 0) is 31.2 Å². The van der Waals surface area contributed by atoms with E-state index in [-0.39, 0.29) is 12.5 Å². The molecule has 2 aromatic carbocycles. The quantitative estimate of drug-likeness (QED) is 0.653. The van der Waals surface area contributed by atoms with Crippen LogP contribution in [0.2, 0.25) is 0 Å². The van der Waals surface area contributed by atoms with Gasteiger partial charge >= 0.3 is 0 Å². The predicted molar refractivity (Wildman–Crippen MR) is 98.7 cm³/mol. The Morgan fingerprint density at radius 2 is 1.89 bits per heavy atom. The van der Waals surface area contributed by atoms with E-state index in [1.807, 2.05) is 30.3 Å². The summed E-state index contributed by atoms with van der Waals surface area (Å²) in [5.74, 6) is 0.616. The van der Waals surface area contributed by atoms with Crippen LogP contribution in [0.1, 0.15) is 6.92 Å². The molecule has 0 unspecified atom stereocenters. The van der Waals surface area contributed by atoms with Gasteiger partial charge in [0, 0.05) is 0 Å². The zero-order valence-electron chi connectivity index (χ0n) is 14.6. The van der Waals surface area contributed by atoms with E-state index in [1.165, 1.54) is 0 Å². The fourth-order valence-electron chi connectivity index (χ4n) is 2.76. The van der Waals surface area contributed by atoms with Gasteiger partial charge in [0.15, 0.2) is 11.5 Å². The highest BCUT2D eigenvalue weighted by Crippen LogP contribution is 2.30. The van der Waals surface area contributed by atoms with Crippen molar-refractivity contribution in [1.82, 2.24) is 15.3 Å². The number of fused-ring (bicyclic) bond motifs is 2. The molecule has 2 amide bonds. The minimum Gasteiger partial charge on any atom is -0.485 e. The molecule has 1 aliphatic heterocycles. The number of amides is 2.